The smallest absolute Gasteiger partial charge is 0.268 e. The number of nitrogens with one attached hydrogen (secondary N) is 2. The van der Waals surface area contributed by atoms with Crippen LogP contribution in [0, 0.1) is 0 Å². The van der Waals surface area contributed by atoms with Crippen molar-refractivity contribution in [1.29, 1.82) is 0 Å². The van der Waals surface area contributed by atoms with Crippen LogP contribution in [0.25, 0.3) is 6.08 Å². The molecule has 0 atom stereocenters. The van der Waals surface area contributed by atoms with Gasteiger partial charge in [-0.15, -0.1) is 0 Å². The van der Waals surface area contributed by atoms with Crippen LogP contribution in [0.3, 0.4) is 0 Å². The minimum Gasteiger partial charge on any atom is -0.376 e. The Morgan fingerprint density at radius 2 is 1.96 bits per heavy atom. The van der Waals surface area contributed by atoms with Crippen molar-refractivity contribution in [2.24, 2.45) is 0 Å². The van der Waals surface area contributed by atoms with E-state index in [1.807, 2.05) is 24.3 Å². The Bertz CT molecular complexity index is 804. The Morgan fingerprint density at radius 1 is 1.17 bits per heavy atom. The molecule has 0 unspecified atom stereocenters. The number of rotatable bonds is 4. The van der Waals surface area contributed by atoms with Crippen molar-refractivity contribution < 1.29 is 4.79 Å². The fourth-order valence-corrected chi connectivity index (χ4v) is 3.36. The zero-order chi connectivity index (χ0) is 16.6. The Balaban J connectivity index is 1.56. The summed E-state index contributed by atoms with van der Waals surface area (Å²) in [5.41, 5.74) is 5.39. The van der Waals surface area contributed by atoms with Crippen LogP contribution in [-0.2, 0) is 23.3 Å². The first-order chi connectivity index (χ1) is 11.7. The van der Waals surface area contributed by atoms with Crippen molar-refractivity contribution in [1.82, 2.24) is 10.6 Å². The van der Waals surface area contributed by atoms with Crippen LogP contribution >= 0.6 is 0 Å². The molecule has 1 amide bonds. The standard InChI is InChI=1S/C21H22N2O/c1-2-15-8-9-16-14-22-19(13-17(16)12-15)20(24)23-21(10-11-21)18-6-4-3-5-7-18/h3-9,12-13,22H,2,10-11,14H2,1H3,(H,23,24). The summed E-state index contributed by atoms with van der Waals surface area (Å²) in [6.07, 6.45) is 5.00. The molecule has 0 bridgehead atoms. The summed E-state index contributed by atoms with van der Waals surface area (Å²) in [5.74, 6) is -0.0103. The van der Waals surface area contributed by atoms with Crippen molar-refractivity contribution >= 4 is 12.0 Å². The molecule has 0 radical (unpaired) electrons. The van der Waals surface area contributed by atoms with Gasteiger partial charge in [-0.2, -0.15) is 0 Å². The highest BCUT2D eigenvalue weighted by atomic mass is 16.2. The minimum atomic E-state index is -0.174. The van der Waals surface area contributed by atoms with E-state index >= 15 is 0 Å². The molecule has 1 saturated carbocycles. The van der Waals surface area contributed by atoms with Crippen molar-refractivity contribution in [3.63, 3.8) is 0 Å². The van der Waals surface area contributed by atoms with Gasteiger partial charge in [0.1, 0.15) is 5.70 Å². The van der Waals surface area contributed by atoms with E-state index in [9.17, 15) is 4.79 Å². The second kappa shape index (κ2) is 5.82. The monoisotopic (exact) mass is 318 g/mol. The summed E-state index contributed by atoms with van der Waals surface area (Å²) in [6.45, 7) is 2.85. The van der Waals surface area contributed by atoms with Gasteiger partial charge in [0.25, 0.3) is 5.91 Å². The Morgan fingerprint density at radius 3 is 2.67 bits per heavy atom. The normalized spacial score (nSPS) is 17.3. The molecule has 1 aliphatic heterocycles. The van der Waals surface area contributed by atoms with Crippen molar-refractivity contribution in [3.8, 4) is 0 Å². The van der Waals surface area contributed by atoms with Gasteiger partial charge in [0, 0.05) is 6.54 Å². The third-order valence-electron chi connectivity index (χ3n) is 5.06. The first-order valence-corrected chi connectivity index (χ1v) is 8.66. The first kappa shape index (κ1) is 15.0. The highest BCUT2D eigenvalue weighted by molar-refractivity contribution is 5.98. The molecule has 2 aliphatic rings. The number of benzene rings is 2. The van der Waals surface area contributed by atoms with E-state index in [4.69, 9.17) is 0 Å². The maximum absolute atomic E-state index is 12.7. The highest BCUT2D eigenvalue weighted by Gasteiger charge is 2.45. The summed E-state index contributed by atoms with van der Waals surface area (Å²) in [5, 5.41) is 6.51. The van der Waals surface area contributed by atoms with Gasteiger partial charge in [-0.3, -0.25) is 4.79 Å². The van der Waals surface area contributed by atoms with Crippen molar-refractivity contribution in [3.05, 3.63) is 76.5 Å². The number of amides is 1. The van der Waals surface area contributed by atoms with Gasteiger partial charge in [0.05, 0.1) is 5.54 Å². The summed E-state index contributed by atoms with van der Waals surface area (Å²) in [4.78, 5) is 12.7. The van der Waals surface area contributed by atoms with E-state index in [0.717, 1.165) is 24.8 Å². The van der Waals surface area contributed by atoms with E-state index in [0.29, 0.717) is 12.2 Å². The highest BCUT2D eigenvalue weighted by Crippen LogP contribution is 2.45. The van der Waals surface area contributed by atoms with E-state index in [1.54, 1.807) is 0 Å². The molecule has 1 aliphatic carbocycles. The van der Waals surface area contributed by atoms with Gasteiger partial charge < -0.3 is 10.6 Å². The molecule has 0 spiro atoms. The minimum absolute atomic E-state index is 0.0103. The molecule has 0 saturated heterocycles. The van der Waals surface area contributed by atoms with Gasteiger partial charge >= 0.3 is 0 Å². The average Bonchev–Trinajstić information content (AvgIpc) is 3.42. The van der Waals surface area contributed by atoms with Crippen LogP contribution in [0.4, 0.5) is 0 Å². The molecule has 24 heavy (non-hydrogen) atoms. The van der Waals surface area contributed by atoms with Crippen LogP contribution in [0.15, 0.2) is 54.2 Å². The summed E-state index contributed by atoms with van der Waals surface area (Å²) >= 11 is 0. The van der Waals surface area contributed by atoms with E-state index < -0.39 is 0 Å². The quantitative estimate of drug-likeness (QED) is 0.906. The number of hydrogen-bond donors (Lipinski definition) is 2. The molecule has 3 nitrogen and oxygen atoms in total. The predicted molar refractivity (Wildman–Crippen MR) is 96.1 cm³/mol. The third-order valence-corrected chi connectivity index (χ3v) is 5.06. The predicted octanol–water partition coefficient (Wildman–Crippen LogP) is 3.50. The molecule has 2 aromatic rings. The first-order valence-electron chi connectivity index (χ1n) is 8.66. The van der Waals surface area contributed by atoms with E-state index in [1.165, 1.54) is 16.7 Å². The van der Waals surface area contributed by atoms with Crippen molar-refractivity contribution in [2.45, 2.75) is 38.3 Å². The molecule has 1 fully saturated rings. The lowest BCUT2D eigenvalue weighted by Gasteiger charge is -2.23. The lowest BCUT2D eigenvalue weighted by molar-refractivity contribution is -0.118. The molecular weight excluding hydrogens is 296 g/mol. The zero-order valence-corrected chi connectivity index (χ0v) is 13.9. The second-order valence-corrected chi connectivity index (χ2v) is 6.70. The average molecular weight is 318 g/mol. The molecule has 0 aromatic heterocycles. The molecular formula is C21H22N2O. The molecule has 1 heterocycles. The number of hydrogen-bond acceptors (Lipinski definition) is 2. The molecule has 3 heteroatoms. The number of fused-ring (bicyclic) bond motifs is 1. The molecule has 122 valence electrons. The van der Waals surface area contributed by atoms with Crippen LogP contribution < -0.4 is 10.6 Å². The van der Waals surface area contributed by atoms with E-state index in [2.05, 4.69) is 47.9 Å². The number of carbonyl (C=O) groups excluding carboxylic acids is 1. The molecule has 2 aromatic carbocycles. The summed E-state index contributed by atoms with van der Waals surface area (Å²) in [6, 6.07) is 16.8. The number of carbonyl (C=O) groups is 1. The zero-order valence-electron chi connectivity index (χ0n) is 13.9. The van der Waals surface area contributed by atoms with Crippen LogP contribution in [-0.4, -0.2) is 5.91 Å². The maximum atomic E-state index is 12.7. The topological polar surface area (TPSA) is 41.1 Å². The maximum Gasteiger partial charge on any atom is 0.268 e. The lowest BCUT2D eigenvalue weighted by atomic mass is 9.98. The number of aryl methyl sites for hydroxylation is 1. The molecule has 2 N–H and O–H groups in total. The fraction of sp³-hybridized carbons (Fsp3) is 0.286. The van der Waals surface area contributed by atoms with Crippen LogP contribution in [0.5, 0.6) is 0 Å². The fourth-order valence-electron chi connectivity index (χ4n) is 3.36. The largest absolute Gasteiger partial charge is 0.376 e. The third kappa shape index (κ3) is 2.71. The summed E-state index contributed by atoms with van der Waals surface area (Å²) in [7, 11) is 0. The van der Waals surface area contributed by atoms with Gasteiger partial charge in [0.15, 0.2) is 0 Å². The summed E-state index contributed by atoms with van der Waals surface area (Å²) < 4.78 is 0. The van der Waals surface area contributed by atoms with E-state index in [-0.39, 0.29) is 11.4 Å². The molecule has 4 rings (SSSR count). The second-order valence-electron chi connectivity index (χ2n) is 6.70. The van der Waals surface area contributed by atoms with Gasteiger partial charge in [-0.05, 0) is 47.6 Å². The van der Waals surface area contributed by atoms with Crippen LogP contribution in [0.1, 0.15) is 42.0 Å². The lowest BCUT2D eigenvalue weighted by Crippen LogP contribution is -2.39. The van der Waals surface area contributed by atoms with Gasteiger partial charge in [0.2, 0.25) is 0 Å². The Hall–Kier alpha value is -2.55. The van der Waals surface area contributed by atoms with Gasteiger partial charge in [-0.25, -0.2) is 0 Å². The van der Waals surface area contributed by atoms with Crippen LogP contribution in [0.2, 0.25) is 0 Å². The Labute approximate surface area is 142 Å². The SMILES string of the molecule is CCc1ccc2c(c1)C=C(C(=O)NC1(c3ccccc3)CC1)NC2. The van der Waals surface area contributed by atoms with Crippen molar-refractivity contribution in [2.75, 3.05) is 0 Å². The Kier molecular flexibility index (Phi) is 3.64. The van der Waals surface area contributed by atoms with Gasteiger partial charge in [-0.1, -0.05) is 55.5 Å².